The Balaban J connectivity index is 2.16. The first kappa shape index (κ1) is 11.6. The molecule has 2 heteroatoms. The maximum absolute atomic E-state index is 10.9. The Morgan fingerprint density at radius 3 is 2.59 bits per heavy atom. The van der Waals surface area contributed by atoms with Gasteiger partial charge in [-0.2, -0.15) is 0 Å². The zero-order valence-corrected chi connectivity index (χ0v) is 10.2. The quantitative estimate of drug-likeness (QED) is 0.858. The summed E-state index contributed by atoms with van der Waals surface area (Å²) >= 11 is 0. The van der Waals surface area contributed by atoms with Crippen LogP contribution >= 0.6 is 0 Å². The van der Waals surface area contributed by atoms with Crippen LogP contribution in [-0.2, 0) is 11.2 Å². The number of benzene rings is 2. The van der Waals surface area contributed by atoms with E-state index < -0.39 is 0 Å². The van der Waals surface area contributed by atoms with Gasteiger partial charge in [-0.3, -0.25) is 4.79 Å². The van der Waals surface area contributed by atoms with Crippen LogP contribution in [0.2, 0.25) is 0 Å². The Morgan fingerprint density at radius 2 is 1.88 bits per heavy atom. The van der Waals surface area contributed by atoms with Gasteiger partial charge < -0.3 is 5.32 Å². The van der Waals surface area contributed by atoms with Gasteiger partial charge in [0.15, 0.2) is 0 Å². The number of rotatable bonds is 3. The fraction of sp³-hybridized carbons (Fsp3) is 0.267. The number of hydrogen-bond donors (Lipinski definition) is 1. The maximum atomic E-state index is 10.9. The molecule has 0 fully saturated rings. The summed E-state index contributed by atoms with van der Waals surface area (Å²) in [6.07, 6.45) is 0.865. The standard InChI is InChI=1S/C15H17NO/c1-11(16-12(2)17)9-13-7-8-14-5-3-4-6-15(14)10-13/h3-8,10-11H,9H2,1-2H3,(H,16,17)/t11-/m1/s1. The molecule has 2 aromatic rings. The van der Waals surface area contributed by atoms with E-state index in [0.29, 0.717) is 0 Å². The number of carbonyl (C=O) groups excluding carboxylic acids is 1. The molecule has 88 valence electrons. The number of fused-ring (bicyclic) bond motifs is 1. The van der Waals surface area contributed by atoms with E-state index >= 15 is 0 Å². The molecule has 0 unspecified atom stereocenters. The number of carbonyl (C=O) groups is 1. The van der Waals surface area contributed by atoms with Crippen molar-refractivity contribution in [2.45, 2.75) is 26.3 Å². The van der Waals surface area contributed by atoms with E-state index in [-0.39, 0.29) is 11.9 Å². The second kappa shape index (κ2) is 5.00. The molecule has 0 saturated carbocycles. The number of amides is 1. The van der Waals surface area contributed by atoms with Crippen molar-refractivity contribution in [3.63, 3.8) is 0 Å². The molecule has 0 radical (unpaired) electrons. The van der Waals surface area contributed by atoms with E-state index in [4.69, 9.17) is 0 Å². The molecule has 1 N–H and O–H groups in total. The van der Waals surface area contributed by atoms with Crippen molar-refractivity contribution in [1.29, 1.82) is 0 Å². The Labute approximate surface area is 102 Å². The summed E-state index contributed by atoms with van der Waals surface area (Å²) in [5.74, 6) is 0.0262. The van der Waals surface area contributed by atoms with Gasteiger partial charge in [-0.05, 0) is 29.7 Å². The fourth-order valence-electron chi connectivity index (χ4n) is 2.12. The van der Waals surface area contributed by atoms with Crippen LogP contribution in [0, 0.1) is 0 Å². The van der Waals surface area contributed by atoms with E-state index in [1.165, 1.54) is 16.3 Å². The van der Waals surface area contributed by atoms with Gasteiger partial charge in [-0.1, -0.05) is 42.5 Å². The van der Waals surface area contributed by atoms with Gasteiger partial charge in [0.2, 0.25) is 5.91 Å². The molecule has 2 aromatic carbocycles. The van der Waals surface area contributed by atoms with Crippen molar-refractivity contribution in [2.24, 2.45) is 0 Å². The molecule has 2 rings (SSSR count). The summed E-state index contributed by atoms with van der Waals surface area (Å²) in [6.45, 7) is 3.58. The predicted octanol–water partition coefficient (Wildman–Crippen LogP) is 2.91. The van der Waals surface area contributed by atoms with Crippen LogP contribution in [0.25, 0.3) is 10.8 Å². The minimum Gasteiger partial charge on any atom is -0.354 e. The summed E-state index contributed by atoms with van der Waals surface area (Å²) in [5, 5.41) is 5.40. The lowest BCUT2D eigenvalue weighted by Gasteiger charge is -2.12. The van der Waals surface area contributed by atoms with Crippen molar-refractivity contribution in [1.82, 2.24) is 5.32 Å². The van der Waals surface area contributed by atoms with Crippen LogP contribution in [-0.4, -0.2) is 11.9 Å². The summed E-state index contributed by atoms with van der Waals surface area (Å²) in [5.41, 5.74) is 1.25. The van der Waals surface area contributed by atoms with Crippen molar-refractivity contribution in [3.05, 3.63) is 48.0 Å². The van der Waals surface area contributed by atoms with Crippen molar-refractivity contribution >= 4 is 16.7 Å². The Kier molecular flexibility index (Phi) is 3.43. The average Bonchev–Trinajstić information content (AvgIpc) is 2.27. The largest absolute Gasteiger partial charge is 0.354 e. The molecule has 0 bridgehead atoms. The van der Waals surface area contributed by atoms with Gasteiger partial charge in [0.25, 0.3) is 0 Å². The molecule has 1 amide bonds. The van der Waals surface area contributed by atoms with Gasteiger partial charge in [-0.25, -0.2) is 0 Å². The summed E-state index contributed by atoms with van der Waals surface area (Å²) in [6, 6.07) is 14.9. The van der Waals surface area contributed by atoms with Crippen LogP contribution in [0.4, 0.5) is 0 Å². The minimum atomic E-state index is 0.0262. The van der Waals surface area contributed by atoms with Gasteiger partial charge in [0.1, 0.15) is 0 Å². The third kappa shape index (κ3) is 3.06. The van der Waals surface area contributed by atoms with Gasteiger partial charge in [-0.15, -0.1) is 0 Å². The highest BCUT2D eigenvalue weighted by Gasteiger charge is 2.05. The van der Waals surface area contributed by atoms with Crippen molar-refractivity contribution in [3.8, 4) is 0 Å². The minimum absolute atomic E-state index is 0.0262. The van der Waals surface area contributed by atoms with E-state index in [0.717, 1.165) is 6.42 Å². The summed E-state index contributed by atoms with van der Waals surface area (Å²) < 4.78 is 0. The lowest BCUT2D eigenvalue weighted by molar-refractivity contribution is -0.119. The lowest BCUT2D eigenvalue weighted by Crippen LogP contribution is -2.31. The third-order valence-electron chi connectivity index (χ3n) is 2.81. The molecule has 0 aliphatic heterocycles. The Bertz CT molecular complexity index is 533. The third-order valence-corrected chi connectivity index (χ3v) is 2.81. The summed E-state index contributed by atoms with van der Waals surface area (Å²) in [7, 11) is 0. The van der Waals surface area contributed by atoms with E-state index in [1.54, 1.807) is 6.92 Å². The molecule has 0 spiro atoms. The lowest BCUT2D eigenvalue weighted by atomic mass is 10.0. The molecule has 0 aromatic heterocycles. The summed E-state index contributed by atoms with van der Waals surface area (Å²) in [4.78, 5) is 10.9. The first-order chi connectivity index (χ1) is 8.15. The van der Waals surface area contributed by atoms with Gasteiger partial charge in [0.05, 0.1) is 0 Å². The smallest absolute Gasteiger partial charge is 0.217 e. The van der Waals surface area contributed by atoms with Crippen LogP contribution in [0.5, 0.6) is 0 Å². The number of hydrogen-bond acceptors (Lipinski definition) is 1. The molecular weight excluding hydrogens is 210 g/mol. The van der Waals surface area contributed by atoms with Crippen molar-refractivity contribution in [2.75, 3.05) is 0 Å². The average molecular weight is 227 g/mol. The van der Waals surface area contributed by atoms with Crippen LogP contribution in [0.15, 0.2) is 42.5 Å². The molecule has 0 heterocycles. The topological polar surface area (TPSA) is 29.1 Å². The molecule has 0 aliphatic carbocycles. The van der Waals surface area contributed by atoms with Crippen molar-refractivity contribution < 1.29 is 4.79 Å². The maximum Gasteiger partial charge on any atom is 0.217 e. The molecular formula is C15H17NO. The van der Waals surface area contributed by atoms with E-state index in [1.807, 2.05) is 19.1 Å². The molecule has 0 saturated heterocycles. The fourth-order valence-corrected chi connectivity index (χ4v) is 2.12. The molecule has 17 heavy (non-hydrogen) atoms. The van der Waals surface area contributed by atoms with Crippen LogP contribution in [0.3, 0.4) is 0 Å². The zero-order chi connectivity index (χ0) is 12.3. The highest BCUT2D eigenvalue weighted by atomic mass is 16.1. The number of nitrogens with one attached hydrogen (secondary N) is 1. The van der Waals surface area contributed by atoms with Crippen LogP contribution in [0.1, 0.15) is 19.4 Å². The monoisotopic (exact) mass is 227 g/mol. The molecule has 1 atom stereocenters. The second-order valence-electron chi connectivity index (χ2n) is 4.49. The zero-order valence-electron chi connectivity index (χ0n) is 10.2. The second-order valence-corrected chi connectivity index (χ2v) is 4.49. The predicted molar refractivity (Wildman–Crippen MR) is 70.9 cm³/mol. The normalized spacial score (nSPS) is 12.4. The Morgan fingerprint density at radius 1 is 1.18 bits per heavy atom. The SMILES string of the molecule is CC(=O)N[C@H](C)Cc1ccc2ccccc2c1. The van der Waals surface area contributed by atoms with Gasteiger partial charge >= 0.3 is 0 Å². The highest BCUT2D eigenvalue weighted by molar-refractivity contribution is 5.83. The van der Waals surface area contributed by atoms with Crippen LogP contribution < -0.4 is 5.32 Å². The van der Waals surface area contributed by atoms with Gasteiger partial charge in [0, 0.05) is 13.0 Å². The first-order valence-corrected chi connectivity index (χ1v) is 5.90. The Hall–Kier alpha value is -1.83. The highest BCUT2D eigenvalue weighted by Crippen LogP contribution is 2.16. The first-order valence-electron chi connectivity index (χ1n) is 5.90. The van der Waals surface area contributed by atoms with E-state index in [9.17, 15) is 4.79 Å². The molecule has 0 aliphatic rings. The molecule has 2 nitrogen and oxygen atoms in total. The van der Waals surface area contributed by atoms with E-state index in [2.05, 4.69) is 35.6 Å².